The Kier molecular flexibility index (Phi) is 5.06. The van der Waals surface area contributed by atoms with Crippen molar-refractivity contribution in [2.45, 2.75) is 26.2 Å². The molecule has 0 aliphatic carbocycles. The van der Waals surface area contributed by atoms with Crippen LogP contribution in [-0.2, 0) is 7.05 Å². The van der Waals surface area contributed by atoms with E-state index in [1.807, 2.05) is 0 Å². The van der Waals surface area contributed by atoms with Gasteiger partial charge in [0.25, 0.3) is 5.56 Å². The second-order valence-corrected chi connectivity index (χ2v) is 5.63. The summed E-state index contributed by atoms with van der Waals surface area (Å²) in [6.45, 7) is 2.89. The number of hydrogen-bond acceptors (Lipinski definition) is 6. The molecule has 1 heterocycles. The number of nitrogens with zero attached hydrogens (tertiary/aromatic N) is 1. The maximum absolute atomic E-state index is 12.4. The molecule has 0 aliphatic heterocycles. The zero-order chi connectivity index (χ0) is 18.0. The number of hydrogen-bond donors (Lipinski definition) is 4. The number of pyridine rings is 1. The van der Waals surface area contributed by atoms with Crippen molar-refractivity contribution in [3.8, 4) is 5.75 Å². The summed E-state index contributed by atoms with van der Waals surface area (Å²) in [5.74, 6) is -1.07. The van der Waals surface area contributed by atoms with E-state index in [9.17, 15) is 24.9 Å². The van der Waals surface area contributed by atoms with Crippen molar-refractivity contribution in [2.75, 3.05) is 0 Å². The van der Waals surface area contributed by atoms with E-state index in [1.54, 1.807) is 24.3 Å². The minimum atomic E-state index is -1.25. The molecule has 24 heavy (non-hydrogen) atoms. The number of fused-ring (bicyclic) bond motifs is 1. The third-order valence-corrected chi connectivity index (χ3v) is 3.70. The number of aliphatic hydroxyl groups excluding tert-OH is 2. The van der Waals surface area contributed by atoms with Gasteiger partial charge in [0.15, 0.2) is 5.78 Å². The average Bonchev–Trinajstić information content (AvgIpc) is 2.52. The number of carbonyl (C=O) groups is 1. The molecule has 7 heteroatoms. The van der Waals surface area contributed by atoms with E-state index < -0.39 is 23.7 Å². The van der Waals surface area contributed by atoms with E-state index in [0.29, 0.717) is 10.9 Å². The molecule has 2 rings (SSSR count). The van der Waals surface area contributed by atoms with Gasteiger partial charge in [-0.3, -0.25) is 9.59 Å². The van der Waals surface area contributed by atoms with Crippen LogP contribution in [-0.4, -0.2) is 38.0 Å². The van der Waals surface area contributed by atoms with Crippen LogP contribution in [0.25, 0.3) is 10.9 Å². The normalized spacial score (nSPS) is 14.5. The number of rotatable bonds is 5. The lowest BCUT2D eigenvalue weighted by atomic mass is 10.1. The number of aryl methyl sites for hydroxylation is 1. The molecule has 0 fully saturated rings. The maximum atomic E-state index is 12.4. The smallest absolute Gasteiger partial charge is 0.265 e. The Balaban J connectivity index is 2.49. The van der Waals surface area contributed by atoms with E-state index in [0.717, 1.165) is 6.08 Å². The van der Waals surface area contributed by atoms with E-state index in [1.165, 1.54) is 25.5 Å². The van der Waals surface area contributed by atoms with E-state index >= 15 is 0 Å². The van der Waals surface area contributed by atoms with Crippen LogP contribution in [0.5, 0.6) is 5.75 Å². The van der Waals surface area contributed by atoms with Gasteiger partial charge in [-0.15, -0.1) is 0 Å². The Morgan fingerprint density at radius 2 is 1.92 bits per heavy atom. The fourth-order valence-electron chi connectivity index (χ4n) is 2.37. The molecular weight excluding hydrogens is 312 g/mol. The monoisotopic (exact) mass is 332 g/mol. The van der Waals surface area contributed by atoms with Gasteiger partial charge < -0.3 is 25.2 Å². The van der Waals surface area contributed by atoms with Crippen molar-refractivity contribution in [1.29, 1.82) is 0 Å². The molecule has 7 nitrogen and oxygen atoms in total. The molecule has 128 valence electrons. The number of nitrogens with one attached hydrogen (secondary N) is 1. The Labute approximate surface area is 138 Å². The fraction of sp³-hybridized carbons (Fsp3) is 0.294. The minimum Gasteiger partial charge on any atom is -0.506 e. The molecule has 0 spiro atoms. The quantitative estimate of drug-likeness (QED) is 0.363. The molecule has 1 aromatic heterocycles. The summed E-state index contributed by atoms with van der Waals surface area (Å²) in [7, 11) is 1.52. The molecule has 4 N–H and O–H groups in total. The van der Waals surface area contributed by atoms with Crippen LogP contribution in [0, 0.1) is 0 Å². The van der Waals surface area contributed by atoms with Gasteiger partial charge >= 0.3 is 0 Å². The van der Waals surface area contributed by atoms with Crippen molar-refractivity contribution in [3.63, 3.8) is 0 Å². The van der Waals surface area contributed by atoms with Gasteiger partial charge in [-0.2, -0.15) is 0 Å². The van der Waals surface area contributed by atoms with Crippen molar-refractivity contribution < 1.29 is 20.1 Å². The number of ketones is 1. The van der Waals surface area contributed by atoms with Crippen LogP contribution in [0.15, 0.2) is 40.8 Å². The highest BCUT2D eigenvalue weighted by molar-refractivity contribution is 6.09. The molecule has 2 aromatic rings. The number of para-hydroxylation sites is 1. The van der Waals surface area contributed by atoms with Gasteiger partial charge in [0.2, 0.25) is 0 Å². The summed E-state index contributed by atoms with van der Waals surface area (Å²) >= 11 is 0. The number of aromatic hydroxyl groups is 1. The molecule has 0 aliphatic rings. The Morgan fingerprint density at radius 3 is 2.54 bits per heavy atom. The summed E-state index contributed by atoms with van der Waals surface area (Å²) in [4.78, 5) is 24.8. The summed E-state index contributed by atoms with van der Waals surface area (Å²) in [5.41, 5.74) is -0.192. The summed E-state index contributed by atoms with van der Waals surface area (Å²) < 4.78 is 1.30. The highest BCUT2D eigenvalue weighted by atomic mass is 16.3. The summed E-state index contributed by atoms with van der Waals surface area (Å²) in [5, 5.41) is 32.0. The highest BCUT2D eigenvalue weighted by Crippen LogP contribution is 2.26. The van der Waals surface area contributed by atoms with Gasteiger partial charge in [-0.1, -0.05) is 12.1 Å². The molecule has 0 amide bonds. The number of aromatic nitrogens is 1. The molecular formula is C17H20N2O5. The van der Waals surface area contributed by atoms with Crippen molar-refractivity contribution in [2.24, 2.45) is 7.05 Å². The number of allylic oxidation sites excluding steroid dienone is 2. The molecule has 0 saturated carbocycles. The van der Waals surface area contributed by atoms with Crippen molar-refractivity contribution >= 4 is 16.7 Å². The lowest BCUT2D eigenvalue weighted by molar-refractivity contribution is 0.0159. The molecule has 0 saturated heterocycles. The van der Waals surface area contributed by atoms with Crippen LogP contribution in [0.2, 0.25) is 0 Å². The lowest BCUT2D eigenvalue weighted by Crippen LogP contribution is -2.37. The first-order chi connectivity index (χ1) is 11.2. The van der Waals surface area contributed by atoms with E-state index in [-0.39, 0.29) is 17.0 Å². The molecule has 0 bridgehead atoms. The first-order valence-corrected chi connectivity index (χ1v) is 7.40. The lowest BCUT2D eigenvalue weighted by Gasteiger charge is -2.17. The SMILES string of the molecule is C/C(=C\C(=O)c1c(O)c2ccccc2n(C)c1=O)N[C@H](O)[C@@H](C)O. The van der Waals surface area contributed by atoms with E-state index in [2.05, 4.69) is 5.32 Å². The van der Waals surface area contributed by atoms with Crippen LogP contribution in [0.1, 0.15) is 24.2 Å². The summed E-state index contributed by atoms with van der Waals surface area (Å²) in [6, 6.07) is 6.72. The molecule has 2 atom stereocenters. The van der Waals surface area contributed by atoms with Gasteiger partial charge in [-0.25, -0.2) is 0 Å². The van der Waals surface area contributed by atoms with Crippen molar-refractivity contribution in [1.82, 2.24) is 9.88 Å². The number of carbonyl (C=O) groups excluding carboxylic acids is 1. The van der Waals surface area contributed by atoms with Gasteiger partial charge in [0.05, 0.1) is 11.6 Å². The largest absolute Gasteiger partial charge is 0.506 e. The van der Waals surface area contributed by atoms with Crippen LogP contribution in [0.3, 0.4) is 0 Å². The number of aliphatic hydroxyl groups is 2. The van der Waals surface area contributed by atoms with Crippen LogP contribution < -0.4 is 10.9 Å². The fourth-order valence-corrected chi connectivity index (χ4v) is 2.37. The first kappa shape index (κ1) is 17.7. The minimum absolute atomic E-state index is 0.253. The maximum Gasteiger partial charge on any atom is 0.265 e. The van der Waals surface area contributed by atoms with Gasteiger partial charge in [-0.05, 0) is 26.0 Å². The molecule has 0 unspecified atom stereocenters. The third-order valence-electron chi connectivity index (χ3n) is 3.70. The van der Waals surface area contributed by atoms with Gasteiger partial charge in [0, 0.05) is 24.2 Å². The van der Waals surface area contributed by atoms with Gasteiger partial charge in [0.1, 0.15) is 17.5 Å². The summed E-state index contributed by atoms with van der Waals surface area (Å²) in [6.07, 6.45) is -1.19. The predicted molar refractivity (Wildman–Crippen MR) is 89.8 cm³/mol. The molecule has 1 aromatic carbocycles. The first-order valence-electron chi connectivity index (χ1n) is 7.40. The Bertz CT molecular complexity index is 867. The zero-order valence-corrected chi connectivity index (χ0v) is 13.6. The third kappa shape index (κ3) is 3.32. The highest BCUT2D eigenvalue weighted by Gasteiger charge is 2.20. The Hall–Kier alpha value is -2.64. The van der Waals surface area contributed by atoms with E-state index in [4.69, 9.17) is 0 Å². The number of benzene rings is 1. The van der Waals surface area contributed by atoms with Crippen LogP contribution in [0.4, 0.5) is 0 Å². The predicted octanol–water partition coefficient (Wildman–Crippen LogP) is 0.619. The second-order valence-electron chi connectivity index (χ2n) is 5.63. The average molecular weight is 332 g/mol. The topological polar surface area (TPSA) is 112 Å². The zero-order valence-electron chi connectivity index (χ0n) is 13.6. The van der Waals surface area contributed by atoms with Crippen molar-refractivity contribution in [3.05, 3.63) is 52.0 Å². The Morgan fingerprint density at radius 1 is 1.29 bits per heavy atom. The second kappa shape index (κ2) is 6.86. The van der Waals surface area contributed by atoms with Crippen LogP contribution >= 0.6 is 0 Å². The standard InChI is InChI=1S/C17H20N2O5/c1-9(18-16(23)10(2)20)8-13(21)14-15(22)11-6-4-5-7-12(11)19(3)17(14)24/h4-8,10,16,18,20,22-23H,1-3H3/b9-8+/t10-,16-/m1/s1. The molecule has 0 radical (unpaired) electrons.